The number of thioether (sulfide) groups is 1. The zero-order valence-corrected chi connectivity index (χ0v) is 16.7. The molecule has 28 heavy (non-hydrogen) atoms. The van der Waals surface area contributed by atoms with E-state index in [1.165, 1.54) is 18.7 Å². The number of benzene rings is 2. The first-order valence-electron chi connectivity index (χ1n) is 8.72. The first kappa shape index (κ1) is 19.6. The average Bonchev–Trinajstić information content (AvgIpc) is 3.02. The molecule has 0 atom stereocenters. The molecular formula is C20H21N5O2S. The Morgan fingerprint density at radius 2 is 1.75 bits per heavy atom. The summed E-state index contributed by atoms with van der Waals surface area (Å²) in [5.41, 5.74) is 3.40. The molecule has 0 aliphatic rings. The third-order valence-electron chi connectivity index (χ3n) is 3.89. The largest absolute Gasteiger partial charge is 0.326 e. The van der Waals surface area contributed by atoms with Gasteiger partial charge in [-0.1, -0.05) is 35.5 Å². The summed E-state index contributed by atoms with van der Waals surface area (Å²) in [7, 11) is 0. The smallest absolute Gasteiger partial charge is 0.234 e. The number of anilines is 2. The monoisotopic (exact) mass is 395 g/mol. The standard InChI is InChI=1S/C20H21N5O2S/c1-13-7-9-16(10-8-13)22-19(27)12-28-20-24-23-14(2)25(20)18-6-4-5-17(11-18)21-15(3)26/h4-11H,12H2,1-3H3,(H,21,26)(H,22,27). The molecule has 2 N–H and O–H groups in total. The number of nitrogens with zero attached hydrogens (tertiary/aromatic N) is 3. The molecule has 3 aromatic rings. The van der Waals surface area contributed by atoms with Gasteiger partial charge in [-0.05, 0) is 44.2 Å². The second kappa shape index (κ2) is 8.71. The summed E-state index contributed by atoms with van der Waals surface area (Å²) in [5, 5.41) is 14.6. The lowest BCUT2D eigenvalue weighted by Crippen LogP contribution is -2.14. The highest BCUT2D eigenvalue weighted by Crippen LogP contribution is 2.24. The highest BCUT2D eigenvalue weighted by Gasteiger charge is 2.14. The van der Waals surface area contributed by atoms with Crippen LogP contribution in [0, 0.1) is 13.8 Å². The Balaban J connectivity index is 1.71. The van der Waals surface area contributed by atoms with Gasteiger partial charge in [-0.2, -0.15) is 0 Å². The van der Waals surface area contributed by atoms with Gasteiger partial charge in [-0.3, -0.25) is 14.2 Å². The highest BCUT2D eigenvalue weighted by molar-refractivity contribution is 7.99. The van der Waals surface area contributed by atoms with E-state index in [2.05, 4.69) is 20.8 Å². The molecular weight excluding hydrogens is 374 g/mol. The minimum atomic E-state index is -0.139. The minimum Gasteiger partial charge on any atom is -0.326 e. The molecule has 1 aromatic heterocycles. The Hall–Kier alpha value is -3.13. The maximum Gasteiger partial charge on any atom is 0.234 e. The third kappa shape index (κ3) is 4.98. The van der Waals surface area contributed by atoms with Crippen LogP contribution in [0.3, 0.4) is 0 Å². The van der Waals surface area contributed by atoms with Gasteiger partial charge < -0.3 is 10.6 Å². The second-order valence-corrected chi connectivity index (χ2v) is 7.24. The van der Waals surface area contributed by atoms with Crippen LogP contribution >= 0.6 is 11.8 Å². The molecule has 3 rings (SSSR count). The number of nitrogens with one attached hydrogen (secondary N) is 2. The number of aryl methyl sites for hydroxylation is 2. The second-order valence-electron chi connectivity index (χ2n) is 6.30. The predicted octanol–water partition coefficient (Wildman–Crippen LogP) is 3.57. The van der Waals surface area contributed by atoms with Crippen LogP contribution in [0.5, 0.6) is 0 Å². The molecule has 0 aliphatic carbocycles. The van der Waals surface area contributed by atoms with Gasteiger partial charge in [0, 0.05) is 18.3 Å². The number of hydrogen-bond acceptors (Lipinski definition) is 5. The first-order chi connectivity index (χ1) is 13.4. The van der Waals surface area contributed by atoms with E-state index in [1.807, 2.05) is 66.9 Å². The van der Waals surface area contributed by atoms with Crippen LogP contribution in [0.15, 0.2) is 53.7 Å². The SMILES string of the molecule is CC(=O)Nc1cccc(-n2c(C)nnc2SCC(=O)Nc2ccc(C)cc2)c1. The van der Waals surface area contributed by atoms with E-state index in [9.17, 15) is 9.59 Å². The summed E-state index contributed by atoms with van der Waals surface area (Å²) in [6.45, 7) is 5.30. The molecule has 0 saturated carbocycles. The van der Waals surface area contributed by atoms with Crippen molar-refractivity contribution in [2.24, 2.45) is 0 Å². The number of carbonyl (C=O) groups excluding carboxylic acids is 2. The summed E-state index contributed by atoms with van der Waals surface area (Å²) < 4.78 is 1.86. The summed E-state index contributed by atoms with van der Waals surface area (Å²) in [5.74, 6) is 0.645. The van der Waals surface area contributed by atoms with Gasteiger partial charge in [0.2, 0.25) is 11.8 Å². The van der Waals surface area contributed by atoms with E-state index in [4.69, 9.17) is 0 Å². The van der Waals surface area contributed by atoms with E-state index < -0.39 is 0 Å². The maximum atomic E-state index is 12.3. The lowest BCUT2D eigenvalue weighted by Gasteiger charge is -2.10. The van der Waals surface area contributed by atoms with Crippen molar-refractivity contribution < 1.29 is 9.59 Å². The zero-order valence-electron chi connectivity index (χ0n) is 15.9. The lowest BCUT2D eigenvalue weighted by atomic mass is 10.2. The van der Waals surface area contributed by atoms with Crippen molar-refractivity contribution in [2.75, 3.05) is 16.4 Å². The number of carbonyl (C=O) groups is 2. The van der Waals surface area contributed by atoms with Crippen molar-refractivity contribution in [3.8, 4) is 5.69 Å². The molecule has 2 amide bonds. The van der Waals surface area contributed by atoms with Crippen molar-refractivity contribution in [3.63, 3.8) is 0 Å². The van der Waals surface area contributed by atoms with Crippen LogP contribution in [0.1, 0.15) is 18.3 Å². The van der Waals surface area contributed by atoms with Gasteiger partial charge in [0.15, 0.2) is 5.16 Å². The quantitative estimate of drug-likeness (QED) is 0.623. The average molecular weight is 395 g/mol. The maximum absolute atomic E-state index is 12.3. The Bertz CT molecular complexity index is 998. The van der Waals surface area contributed by atoms with Crippen LogP contribution in [0.4, 0.5) is 11.4 Å². The predicted molar refractivity (Wildman–Crippen MR) is 111 cm³/mol. The fourth-order valence-corrected chi connectivity index (χ4v) is 3.42. The van der Waals surface area contributed by atoms with Crippen molar-refractivity contribution >= 4 is 35.0 Å². The van der Waals surface area contributed by atoms with E-state index in [0.717, 1.165) is 16.9 Å². The Morgan fingerprint density at radius 1 is 1.00 bits per heavy atom. The molecule has 0 unspecified atom stereocenters. The van der Waals surface area contributed by atoms with Crippen molar-refractivity contribution in [1.82, 2.24) is 14.8 Å². The summed E-state index contributed by atoms with van der Waals surface area (Å²) >= 11 is 1.30. The van der Waals surface area contributed by atoms with Gasteiger partial charge in [-0.25, -0.2) is 0 Å². The summed E-state index contributed by atoms with van der Waals surface area (Å²) in [4.78, 5) is 23.6. The zero-order chi connectivity index (χ0) is 20.1. The van der Waals surface area contributed by atoms with Gasteiger partial charge in [0.1, 0.15) is 5.82 Å². The molecule has 8 heteroatoms. The van der Waals surface area contributed by atoms with Crippen molar-refractivity contribution in [2.45, 2.75) is 25.9 Å². The van der Waals surface area contributed by atoms with E-state index >= 15 is 0 Å². The molecule has 0 spiro atoms. The number of rotatable bonds is 6. The number of aromatic nitrogens is 3. The number of hydrogen-bond donors (Lipinski definition) is 2. The Labute approximate surface area is 167 Å². The van der Waals surface area contributed by atoms with Crippen LogP contribution in [0.2, 0.25) is 0 Å². The Kier molecular flexibility index (Phi) is 6.10. The Morgan fingerprint density at radius 3 is 2.46 bits per heavy atom. The van der Waals surface area contributed by atoms with Crippen LogP contribution < -0.4 is 10.6 Å². The van der Waals surface area contributed by atoms with Crippen LogP contribution in [0.25, 0.3) is 5.69 Å². The summed E-state index contributed by atoms with van der Waals surface area (Å²) in [6.07, 6.45) is 0. The van der Waals surface area contributed by atoms with Gasteiger partial charge >= 0.3 is 0 Å². The normalized spacial score (nSPS) is 10.5. The molecule has 0 aliphatic heterocycles. The fourth-order valence-electron chi connectivity index (χ4n) is 2.62. The summed E-state index contributed by atoms with van der Waals surface area (Å²) in [6, 6.07) is 15.0. The molecule has 1 heterocycles. The van der Waals surface area contributed by atoms with Crippen molar-refractivity contribution in [1.29, 1.82) is 0 Å². The van der Waals surface area contributed by atoms with E-state index in [-0.39, 0.29) is 17.6 Å². The first-order valence-corrected chi connectivity index (χ1v) is 9.70. The molecule has 144 valence electrons. The number of amides is 2. The molecule has 0 radical (unpaired) electrons. The van der Waals surface area contributed by atoms with Gasteiger partial charge in [-0.15, -0.1) is 10.2 Å². The van der Waals surface area contributed by atoms with Gasteiger partial charge in [0.25, 0.3) is 0 Å². The third-order valence-corrected chi connectivity index (χ3v) is 4.82. The lowest BCUT2D eigenvalue weighted by molar-refractivity contribution is -0.114. The molecule has 7 nitrogen and oxygen atoms in total. The van der Waals surface area contributed by atoms with Crippen molar-refractivity contribution in [3.05, 3.63) is 59.9 Å². The molecule has 0 saturated heterocycles. The fraction of sp³-hybridized carbons (Fsp3) is 0.200. The van der Waals surface area contributed by atoms with Crippen LogP contribution in [-0.4, -0.2) is 32.3 Å². The topological polar surface area (TPSA) is 88.9 Å². The van der Waals surface area contributed by atoms with E-state index in [1.54, 1.807) is 0 Å². The van der Waals surface area contributed by atoms with E-state index in [0.29, 0.717) is 16.7 Å². The molecule has 0 bridgehead atoms. The minimum absolute atomic E-state index is 0.118. The molecule has 0 fully saturated rings. The molecule has 2 aromatic carbocycles. The van der Waals surface area contributed by atoms with Gasteiger partial charge in [0.05, 0.1) is 11.4 Å². The highest BCUT2D eigenvalue weighted by atomic mass is 32.2. The van der Waals surface area contributed by atoms with Crippen LogP contribution in [-0.2, 0) is 9.59 Å².